The summed E-state index contributed by atoms with van der Waals surface area (Å²) in [6.07, 6.45) is 5.38. The summed E-state index contributed by atoms with van der Waals surface area (Å²) < 4.78 is 5.92. The number of amides is 1. The van der Waals surface area contributed by atoms with E-state index in [0.717, 1.165) is 42.7 Å². The van der Waals surface area contributed by atoms with Crippen molar-refractivity contribution < 1.29 is 9.53 Å². The molecule has 1 amide bonds. The van der Waals surface area contributed by atoms with Crippen molar-refractivity contribution in [2.45, 2.75) is 38.8 Å². The second-order valence-corrected chi connectivity index (χ2v) is 8.87. The monoisotopic (exact) mass is 390 g/mol. The average Bonchev–Trinajstić information content (AvgIpc) is 3.45. The van der Waals surface area contributed by atoms with Gasteiger partial charge < -0.3 is 14.5 Å². The summed E-state index contributed by atoms with van der Waals surface area (Å²) in [4.78, 5) is 17.3. The van der Waals surface area contributed by atoms with Crippen LogP contribution in [0.5, 0.6) is 5.75 Å². The van der Waals surface area contributed by atoms with Gasteiger partial charge in [0.1, 0.15) is 5.75 Å². The van der Waals surface area contributed by atoms with Crippen molar-refractivity contribution >= 4 is 5.91 Å². The van der Waals surface area contributed by atoms with Crippen molar-refractivity contribution in [3.05, 3.63) is 65.2 Å². The lowest BCUT2D eigenvalue weighted by molar-refractivity contribution is 0.0751. The fourth-order valence-corrected chi connectivity index (χ4v) is 5.35. The van der Waals surface area contributed by atoms with Gasteiger partial charge in [0, 0.05) is 38.3 Å². The molecule has 0 radical (unpaired) electrons. The smallest absolute Gasteiger partial charge is 0.254 e. The van der Waals surface area contributed by atoms with Gasteiger partial charge in [-0.2, -0.15) is 0 Å². The van der Waals surface area contributed by atoms with Gasteiger partial charge in [-0.25, -0.2) is 0 Å². The molecular weight excluding hydrogens is 360 g/mol. The van der Waals surface area contributed by atoms with E-state index in [1.807, 2.05) is 41.3 Å². The Hall–Kier alpha value is -2.33. The fraction of sp³-hybridized carbons (Fsp3) is 0.480. The molecule has 1 aliphatic carbocycles. The molecule has 2 aliphatic heterocycles. The third-order valence-corrected chi connectivity index (χ3v) is 6.92. The molecule has 4 heteroatoms. The van der Waals surface area contributed by atoms with E-state index in [-0.39, 0.29) is 5.91 Å². The fourth-order valence-electron chi connectivity index (χ4n) is 5.35. The lowest BCUT2D eigenvalue weighted by Gasteiger charge is -2.17. The van der Waals surface area contributed by atoms with Crippen LogP contribution in [0.1, 0.15) is 47.2 Å². The Morgan fingerprint density at radius 3 is 2.24 bits per heavy atom. The number of likely N-dealkylation sites (tertiary alicyclic amines) is 1. The Labute approximate surface area is 173 Å². The summed E-state index contributed by atoms with van der Waals surface area (Å²) in [5, 5.41) is 0. The third-order valence-electron chi connectivity index (χ3n) is 6.92. The standard InChI is InChI=1S/C25H30N2O2/c28-25(27-17-22-5-1-2-6-23(22)18-27)19-9-11-24(12-10-19)29-14-4-13-26-15-20-7-3-8-21(20)16-26/h1-2,5-6,9-12,20-21H,3-4,7-8,13-18H2. The maximum atomic E-state index is 12.8. The number of hydrogen-bond acceptors (Lipinski definition) is 3. The number of carbonyl (C=O) groups excluding carboxylic acids is 1. The van der Waals surface area contributed by atoms with Gasteiger partial charge in [-0.05, 0) is 66.5 Å². The van der Waals surface area contributed by atoms with Crippen molar-refractivity contribution in [1.29, 1.82) is 0 Å². The first-order chi connectivity index (χ1) is 14.3. The SMILES string of the molecule is O=C(c1ccc(OCCCN2CC3CCCC3C2)cc1)N1Cc2ccccc2C1. The second-order valence-electron chi connectivity index (χ2n) is 8.87. The molecule has 0 spiro atoms. The maximum absolute atomic E-state index is 12.8. The number of carbonyl (C=O) groups is 1. The number of benzene rings is 2. The van der Waals surface area contributed by atoms with Crippen LogP contribution in [0.4, 0.5) is 0 Å². The van der Waals surface area contributed by atoms with Crippen LogP contribution in [0, 0.1) is 11.8 Å². The minimum atomic E-state index is 0.0901. The van der Waals surface area contributed by atoms with Crippen LogP contribution in [-0.4, -0.2) is 41.9 Å². The number of fused-ring (bicyclic) bond motifs is 2. The van der Waals surface area contributed by atoms with Gasteiger partial charge >= 0.3 is 0 Å². The first-order valence-electron chi connectivity index (χ1n) is 11.1. The molecule has 1 saturated carbocycles. The molecule has 4 nitrogen and oxygen atoms in total. The third kappa shape index (κ3) is 4.04. The molecule has 2 fully saturated rings. The summed E-state index contributed by atoms with van der Waals surface area (Å²) in [7, 11) is 0. The molecule has 0 bridgehead atoms. The van der Waals surface area contributed by atoms with Crippen LogP contribution in [0.3, 0.4) is 0 Å². The Kier molecular flexibility index (Phi) is 5.28. The highest BCUT2D eigenvalue weighted by atomic mass is 16.5. The summed E-state index contributed by atoms with van der Waals surface area (Å²) in [5.41, 5.74) is 3.23. The van der Waals surface area contributed by atoms with Crippen molar-refractivity contribution in [1.82, 2.24) is 9.80 Å². The van der Waals surface area contributed by atoms with Crippen LogP contribution >= 0.6 is 0 Å². The summed E-state index contributed by atoms with van der Waals surface area (Å²) in [6, 6.07) is 15.9. The van der Waals surface area contributed by atoms with E-state index in [1.54, 1.807) is 0 Å². The van der Waals surface area contributed by atoms with Gasteiger partial charge in [0.15, 0.2) is 0 Å². The number of rotatable bonds is 6. The molecule has 2 heterocycles. The van der Waals surface area contributed by atoms with Gasteiger partial charge in [-0.3, -0.25) is 4.79 Å². The number of ether oxygens (including phenoxy) is 1. The molecule has 0 N–H and O–H groups in total. The summed E-state index contributed by atoms with van der Waals surface area (Å²) in [5.74, 6) is 2.87. The highest BCUT2D eigenvalue weighted by Crippen LogP contribution is 2.37. The van der Waals surface area contributed by atoms with E-state index >= 15 is 0 Å². The van der Waals surface area contributed by atoms with Crippen molar-refractivity contribution in [2.24, 2.45) is 11.8 Å². The Bertz CT molecular complexity index is 826. The normalized spacial score (nSPS) is 23.2. The van der Waals surface area contributed by atoms with E-state index < -0.39 is 0 Å². The molecule has 2 aromatic rings. The highest BCUT2D eigenvalue weighted by molar-refractivity contribution is 5.94. The van der Waals surface area contributed by atoms with E-state index in [1.165, 1.54) is 43.5 Å². The molecule has 1 saturated heterocycles. The zero-order valence-electron chi connectivity index (χ0n) is 17.1. The predicted octanol–water partition coefficient (Wildman–Crippen LogP) is 4.34. The van der Waals surface area contributed by atoms with Gasteiger partial charge in [0.25, 0.3) is 5.91 Å². The molecule has 2 atom stereocenters. The minimum absolute atomic E-state index is 0.0901. The van der Waals surface area contributed by atoms with Crippen molar-refractivity contribution in [2.75, 3.05) is 26.2 Å². The quantitative estimate of drug-likeness (QED) is 0.688. The topological polar surface area (TPSA) is 32.8 Å². The highest BCUT2D eigenvalue weighted by Gasteiger charge is 2.35. The molecule has 29 heavy (non-hydrogen) atoms. The van der Waals surface area contributed by atoms with Gasteiger partial charge in [-0.1, -0.05) is 30.7 Å². The van der Waals surface area contributed by atoms with Gasteiger partial charge in [0.2, 0.25) is 0 Å². The van der Waals surface area contributed by atoms with Crippen LogP contribution in [0.25, 0.3) is 0 Å². The van der Waals surface area contributed by atoms with Crippen LogP contribution < -0.4 is 4.74 Å². The zero-order chi connectivity index (χ0) is 19.6. The Morgan fingerprint density at radius 1 is 0.931 bits per heavy atom. The molecule has 2 unspecified atom stereocenters. The lowest BCUT2D eigenvalue weighted by atomic mass is 10.0. The molecular formula is C25H30N2O2. The average molecular weight is 391 g/mol. The van der Waals surface area contributed by atoms with Crippen molar-refractivity contribution in [3.63, 3.8) is 0 Å². The Balaban J connectivity index is 1.07. The largest absolute Gasteiger partial charge is 0.494 e. The second kappa shape index (κ2) is 8.19. The van der Waals surface area contributed by atoms with E-state index in [4.69, 9.17) is 4.74 Å². The first kappa shape index (κ1) is 18.7. The molecule has 152 valence electrons. The van der Waals surface area contributed by atoms with Crippen LogP contribution in [-0.2, 0) is 13.1 Å². The van der Waals surface area contributed by atoms with Gasteiger partial charge in [0.05, 0.1) is 6.61 Å². The summed E-state index contributed by atoms with van der Waals surface area (Å²) in [6.45, 7) is 5.86. The predicted molar refractivity (Wildman–Crippen MR) is 114 cm³/mol. The molecule has 5 rings (SSSR count). The molecule has 0 aromatic heterocycles. The maximum Gasteiger partial charge on any atom is 0.254 e. The minimum Gasteiger partial charge on any atom is -0.494 e. The van der Waals surface area contributed by atoms with E-state index in [9.17, 15) is 4.79 Å². The Morgan fingerprint density at radius 2 is 1.59 bits per heavy atom. The van der Waals surface area contributed by atoms with Crippen LogP contribution in [0.15, 0.2) is 48.5 Å². The molecule has 3 aliphatic rings. The number of hydrogen-bond donors (Lipinski definition) is 0. The zero-order valence-corrected chi connectivity index (χ0v) is 17.1. The summed E-state index contributed by atoms with van der Waals surface area (Å²) >= 11 is 0. The first-order valence-corrected chi connectivity index (χ1v) is 11.1. The van der Waals surface area contributed by atoms with Crippen LogP contribution in [0.2, 0.25) is 0 Å². The lowest BCUT2D eigenvalue weighted by Crippen LogP contribution is -2.25. The van der Waals surface area contributed by atoms with E-state index in [2.05, 4.69) is 17.0 Å². The van der Waals surface area contributed by atoms with E-state index in [0.29, 0.717) is 13.1 Å². The molecule has 2 aromatic carbocycles. The van der Waals surface area contributed by atoms with Crippen molar-refractivity contribution in [3.8, 4) is 5.75 Å². The van der Waals surface area contributed by atoms with Gasteiger partial charge in [-0.15, -0.1) is 0 Å². The number of nitrogens with zero attached hydrogens (tertiary/aromatic N) is 2.